The van der Waals surface area contributed by atoms with E-state index in [0.29, 0.717) is 26.1 Å². The molecule has 0 amide bonds. The molecule has 6 nitrogen and oxygen atoms in total. The summed E-state index contributed by atoms with van der Waals surface area (Å²) in [6.07, 6.45) is 5.14. The molecule has 116 valence electrons. The van der Waals surface area contributed by atoms with Crippen molar-refractivity contribution < 1.29 is 15.0 Å². The van der Waals surface area contributed by atoms with Crippen LogP contribution in [0.2, 0.25) is 0 Å². The van der Waals surface area contributed by atoms with Crippen LogP contribution in [0, 0.1) is 5.92 Å². The van der Waals surface area contributed by atoms with Crippen molar-refractivity contribution in [1.82, 2.24) is 14.5 Å². The summed E-state index contributed by atoms with van der Waals surface area (Å²) in [4.78, 5) is 17.2. The maximum atomic E-state index is 11.1. The van der Waals surface area contributed by atoms with Gasteiger partial charge >= 0.3 is 5.97 Å². The average Bonchev–Trinajstić information content (AvgIpc) is 3.04. The summed E-state index contributed by atoms with van der Waals surface area (Å²) in [5.41, 5.74) is 2.17. The van der Waals surface area contributed by atoms with E-state index in [1.165, 1.54) is 0 Å². The van der Waals surface area contributed by atoms with E-state index in [9.17, 15) is 9.90 Å². The van der Waals surface area contributed by atoms with Crippen molar-refractivity contribution in [2.75, 3.05) is 13.1 Å². The van der Waals surface area contributed by atoms with Crippen molar-refractivity contribution in [2.45, 2.75) is 19.1 Å². The van der Waals surface area contributed by atoms with Crippen LogP contribution in [0.25, 0.3) is 5.69 Å². The van der Waals surface area contributed by atoms with E-state index in [-0.39, 0.29) is 0 Å². The number of aliphatic hydroxyl groups is 1. The largest absolute Gasteiger partial charge is 0.481 e. The second-order valence-corrected chi connectivity index (χ2v) is 5.67. The van der Waals surface area contributed by atoms with Crippen molar-refractivity contribution >= 4 is 5.97 Å². The monoisotopic (exact) mass is 301 g/mol. The average molecular weight is 301 g/mol. The molecular weight excluding hydrogens is 282 g/mol. The van der Waals surface area contributed by atoms with Gasteiger partial charge in [-0.1, -0.05) is 12.1 Å². The van der Waals surface area contributed by atoms with Crippen LogP contribution in [0.1, 0.15) is 12.0 Å². The molecule has 3 rings (SSSR count). The molecule has 1 aliphatic rings. The van der Waals surface area contributed by atoms with Crippen LogP contribution in [-0.2, 0) is 11.3 Å². The standard InChI is InChI=1S/C16H19N3O3/c20-15-5-7-18(10-14(15)16(21)22)9-12-1-3-13(4-2-12)19-8-6-17-11-19/h1-4,6,8,11,14-15,20H,5,7,9-10H2,(H,21,22)/t14-,15+/m1/s1. The molecule has 2 atom stereocenters. The Morgan fingerprint density at radius 2 is 2.09 bits per heavy atom. The van der Waals surface area contributed by atoms with Gasteiger partial charge in [-0.15, -0.1) is 0 Å². The number of nitrogens with zero attached hydrogens (tertiary/aromatic N) is 3. The Bertz CT molecular complexity index is 625. The third-order valence-corrected chi connectivity index (χ3v) is 4.12. The summed E-state index contributed by atoms with van der Waals surface area (Å²) < 4.78 is 1.93. The topological polar surface area (TPSA) is 78.6 Å². The molecule has 1 aromatic carbocycles. The number of carboxylic acid groups (broad SMARTS) is 1. The fraction of sp³-hybridized carbons (Fsp3) is 0.375. The maximum Gasteiger partial charge on any atom is 0.310 e. The predicted octanol–water partition coefficient (Wildman–Crippen LogP) is 1.14. The molecule has 6 heteroatoms. The first kappa shape index (κ1) is 14.7. The lowest BCUT2D eigenvalue weighted by molar-refractivity contribution is -0.149. The van der Waals surface area contributed by atoms with Gasteiger partial charge in [0, 0.05) is 37.7 Å². The van der Waals surface area contributed by atoms with E-state index in [2.05, 4.69) is 9.88 Å². The quantitative estimate of drug-likeness (QED) is 0.885. The highest BCUT2D eigenvalue weighted by atomic mass is 16.4. The smallest absolute Gasteiger partial charge is 0.310 e. The Hall–Kier alpha value is -2.18. The Morgan fingerprint density at radius 3 is 2.73 bits per heavy atom. The van der Waals surface area contributed by atoms with E-state index >= 15 is 0 Å². The van der Waals surface area contributed by atoms with Gasteiger partial charge in [0.1, 0.15) is 0 Å². The minimum Gasteiger partial charge on any atom is -0.481 e. The van der Waals surface area contributed by atoms with E-state index in [1.807, 2.05) is 35.0 Å². The number of piperidine rings is 1. The van der Waals surface area contributed by atoms with Gasteiger partial charge in [-0.2, -0.15) is 0 Å². The van der Waals surface area contributed by atoms with Gasteiger partial charge in [0.05, 0.1) is 18.3 Å². The second kappa shape index (κ2) is 6.29. The van der Waals surface area contributed by atoms with Crippen molar-refractivity contribution in [3.63, 3.8) is 0 Å². The van der Waals surface area contributed by atoms with Crippen molar-refractivity contribution in [3.05, 3.63) is 48.5 Å². The number of aliphatic hydroxyl groups excluding tert-OH is 1. The summed E-state index contributed by atoms with van der Waals surface area (Å²) in [5.74, 6) is -1.62. The lowest BCUT2D eigenvalue weighted by atomic mass is 9.94. The highest BCUT2D eigenvalue weighted by Gasteiger charge is 2.32. The van der Waals surface area contributed by atoms with Crippen molar-refractivity contribution in [3.8, 4) is 5.69 Å². The van der Waals surface area contributed by atoms with Crippen molar-refractivity contribution in [1.29, 1.82) is 0 Å². The summed E-state index contributed by atoms with van der Waals surface area (Å²) in [6, 6.07) is 8.11. The zero-order valence-electron chi connectivity index (χ0n) is 12.2. The third kappa shape index (κ3) is 3.18. The number of imidazole rings is 1. The van der Waals surface area contributed by atoms with Gasteiger partial charge in [0.25, 0.3) is 0 Å². The van der Waals surface area contributed by atoms with Gasteiger partial charge in [-0.3, -0.25) is 9.69 Å². The van der Waals surface area contributed by atoms with Crippen LogP contribution in [0.5, 0.6) is 0 Å². The first-order chi connectivity index (χ1) is 10.6. The minimum atomic E-state index is -0.923. The highest BCUT2D eigenvalue weighted by Crippen LogP contribution is 2.20. The Balaban J connectivity index is 1.65. The fourth-order valence-corrected chi connectivity index (χ4v) is 2.84. The first-order valence-corrected chi connectivity index (χ1v) is 7.34. The predicted molar refractivity (Wildman–Crippen MR) is 80.6 cm³/mol. The molecule has 0 aliphatic carbocycles. The third-order valence-electron chi connectivity index (χ3n) is 4.12. The zero-order valence-corrected chi connectivity index (χ0v) is 12.2. The number of carboxylic acids is 1. The lowest BCUT2D eigenvalue weighted by Gasteiger charge is -2.34. The maximum absolute atomic E-state index is 11.1. The summed E-state index contributed by atoms with van der Waals surface area (Å²) >= 11 is 0. The molecule has 2 N–H and O–H groups in total. The van der Waals surface area contributed by atoms with Crippen molar-refractivity contribution in [2.24, 2.45) is 5.92 Å². The summed E-state index contributed by atoms with van der Waals surface area (Å²) in [7, 11) is 0. The van der Waals surface area contributed by atoms with Crippen LogP contribution in [0.4, 0.5) is 0 Å². The van der Waals surface area contributed by atoms with Gasteiger partial charge in [0.15, 0.2) is 0 Å². The number of hydrogen-bond acceptors (Lipinski definition) is 4. The Morgan fingerprint density at radius 1 is 1.32 bits per heavy atom. The summed E-state index contributed by atoms with van der Waals surface area (Å²) in [5, 5.41) is 18.9. The highest BCUT2D eigenvalue weighted by molar-refractivity contribution is 5.71. The van der Waals surface area contributed by atoms with E-state index < -0.39 is 18.0 Å². The van der Waals surface area contributed by atoms with Gasteiger partial charge in [-0.25, -0.2) is 4.98 Å². The molecule has 0 radical (unpaired) electrons. The molecule has 22 heavy (non-hydrogen) atoms. The SMILES string of the molecule is O=C(O)[C@@H]1CN(Cc2ccc(-n3ccnc3)cc2)CC[C@@H]1O. The van der Waals surface area contributed by atoms with Crippen LogP contribution in [-0.4, -0.2) is 49.8 Å². The fourth-order valence-electron chi connectivity index (χ4n) is 2.84. The minimum absolute atomic E-state index is 0.389. The molecule has 0 unspecified atom stereocenters. The van der Waals surface area contributed by atoms with Gasteiger partial charge < -0.3 is 14.8 Å². The summed E-state index contributed by atoms with van der Waals surface area (Å²) in [6.45, 7) is 1.80. The number of rotatable bonds is 4. The van der Waals surface area contributed by atoms with Crippen LogP contribution in [0.3, 0.4) is 0 Å². The second-order valence-electron chi connectivity index (χ2n) is 5.67. The molecule has 1 aromatic heterocycles. The van der Waals surface area contributed by atoms with Crippen LogP contribution < -0.4 is 0 Å². The molecule has 0 spiro atoms. The molecular formula is C16H19N3O3. The van der Waals surface area contributed by atoms with Gasteiger partial charge in [-0.05, 0) is 24.1 Å². The molecule has 1 saturated heterocycles. The lowest BCUT2D eigenvalue weighted by Crippen LogP contribution is -2.46. The van der Waals surface area contributed by atoms with E-state index in [4.69, 9.17) is 5.11 Å². The number of benzene rings is 1. The Kier molecular flexibility index (Phi) is 4.22. The normalized spacial score (nSPS) is 22.6. The molecule has 0 saturated carbocycles. The van der Waals surface area contributed by atoms with E-state index in [1.54, 1.807) is 12.5 Å². The number of likely N-dealkylation sites (tertiary alicyclic amines) is 1. The van der Waals surface area contributed by atoms with Gasteiger partial charge in [0.2, 0.25) is 0 Å². The molecule has 1 aliphatic heterocycles. The molecule has 0 bridgehead atoms. The first-order valence-electron chi connectivity index (χ1n) is 7.34. The number of hydrogen-bond donors (Lipinski definition) is 2. The Labute approximate surface area is 128 Å². The van der Waals surface area contributed by atoms with Crippen LogP contribution >= 0.6 is 0 Å². The van der Waals surface area contributed by atoms with E-state index in [0.717, 1.165) is 11.3 Å². The number of aromatic nitrogens is 2. The molecule has 2 heterocycles. The molecule has 2 aromatic rings. The molecule has 1 fully saturated rings. The number of aliphatic carboxylic acids is 1. The number of carbonyl (C=O) groups is 1. The van der Waals surface area contributed by atoms with Crippen LogP contribution in [0.15, 0.2) is 43.0 Å². The zero-order chi connectivity index (χ0) is 15.5.